The van der Waals surface area contributed by atoms with Crippen LogP contribution in [0.1, 0.15) is 11.6 Å². The van der Waals surface area contributed by atoms with Crippen molar-refractivity contribution in [3.05, 3.63) is 34.1 Å². The Labute approximate surface area is 93.0 Å². The molecule has 0 aliphatic carbocycles. The summed E-state index contributed by atoms with van der Waals surface area (Å²) >= 11 is 3.01. The second-order valence-corrected chi connectivity index (χ2v) is 3.92. The van der Waals surface area contributed by atoms with E-state index in [1.807, 2.05) is 0 Å². The molecule has 2 N–H and O–H groups in total. The quantitative estimate of drug-likeness (QED) is 0.761. The number of rotatable bonds is 1. The van der Waals surface area contributed by atoms with Crippen LogP contribution in [0.3, 0.4) is 0 Å². The van der Waals surface area contributed by atoms with Gasteiger partial charge in [-0.1, -0.05) is 6.07 Å². The number of benzene rings is 1. The van der Waals surface area contributed by atoms with Gasteiger partial charge in [-0.25, -0.2) is 9.18 Å². The third kappa shape index (κ3) is 1.85. The van der Waals surface area contributed by atoms with Gasteiger partial charge in [-0.05, 0) is 33.6 Å². The van der Waals surface area contributed by atoms with Crippen LogP contribution in [-0.4, -0.2) is 11.9 Å². The van der Waals surface area contributed by atoms with Crippen LogP contribution in [0.2, 0.25) is 0 Å². The van der Waals surface area contributed by atoms with Crippen molar-refractivity contribution in [1.29, 1.82) is 0 Å². The molecule has 0 radical (unpaired) electrons. The number of urea groups is 1. The molecule has 1 aromatic carbocycles. The molecule has 1 saturated heterocycles. The minimum atomic E-state index is -0.741. The Bertz CT molecular complexity index is 450. The average molecular weight is 273 g/mol. The van der Waals surface area contributed by atoms with Crippen molar-refractivity contribution in [2.45, 2.75) is 6.04 Å². The molecule has 1 aromatic rings. The molecule has 2 rings (SSSR count). The summed E-state index contributed by atoms with van der Waals surface area (Å²) in [6.07, 6.45) is 0. The van der Waals surface area contributed by atoms with Crippen molar-refractivity contribution in [3.8, 4) is 0 Å². The molecular weight excluding hydrogens is 267 g/mol. The number of hydrogen-bond donors (Lipinski definition) is 2. The van der Waals surface area contributed by atoms with Gasteiger partial charge in [0.15, 0.2) is 0 Å². The molecule has 0 saturated carbocycles. The minimum Gasteiger partial charge on any atom is -0.322 e. The first-order valence-electron chi connectivity index (χ1n) is 4.14. The summed E-state index contributed by atoms with van der Waals surface area (Å²) in [4.78, 5) is 22.1. The van der Waals surface area contributed by atoms with Gasteiger partial charge in [0.05, 0.1) is 4.47 Å². The summed E-state index contributed by atoms with van der Waals surface area (Å²) in [5.74, 6) is -0.845. The van der Waals surface area contributed by atoms with Crippen LogP contribution in [0.25, 0.3) is 0 Å². The number of halogens is 2. The highest BCUT2D eigenvalue weighted by molar-refractivity contribution is 9.10. The molecule has 1 aliphatic rings. The SMILES string of the molecule is O=C1NC(=O)[C@@H](c2ccc(F)c(Br)c2)N1. The van der Waals surface area contributed by atoms with Crippen LogP contribution in [0.4, 0.5) is 9.18 Å². The molecule has 1 aliphatic heterocycles. The molecule has 0 aromatic heterocycles. The van der Waals surface area contributed by atoms with Crippen LogP contribution < -0.4 is 10.6 Å². The Balaban J connectivity index is 2.34. The first-order chi connectivity index (χ1) is 7.08. The predicted molar refractivity (Wildman–Crippen MR) is 53.5 cm³/mol. The van der Waals surface area contributed by atoms with Crippen molar-refractivity contribution < 1.29 is 14.0 Å². The molecule has 0 spiro atoms. The van der Waals surface area contributed by atoms with E-state index in [-0.39, 0.29) is 4.47 Å². The fourth-order valence-electron chi connectivity index (χ4n) is 1.34. The smallest absolute Gasteiger partial charge is 0.322 e. The van der Waals surface area contributed by atoms with Gasteiger partial charge in [-0.2, -0.15) is 0 Å². The molecule has 0 bridgehead atoms. The van der Waals surface area contributed by atoms with Gasteiger partial charge < -0.3 is 5.32 Å². The molecule has 1 fully saturated rings. The molecule has 6 heteroatoms. The van der Waals surface area contributed by atoms with E-state index in [0.717, 1.165) is 0 Å². The summed E-state index contributed by atoms with van der Waals surface area (Å²) in [6.45, 7) is 0. The van der Waals surface area contributed by atoms with Crippen molar-refractivity contribution in [2.24, 2.45) is 0 Å². The highest BCUT2D eigenvalue weighted by Crippen LogP contribution is 2.22. The molecule has 3 amide bonds. The molecule has 0 unspecified atom stereocenters. The van der Waals surface area contributed by atoms with Gasteiger partial charge >= 0.3 is 6.03 Å². The zero-order chi connectivity index (χ0) is 11.0. The maximum Gasteiger partial charge on any atom is 0.322 e. The fraction of sp³-hybridized carbons (Fsp3) is 0.111. The second kappa shape index (κ2) is 3.62. The summed E-state index contributed by atoms with van der Waals surface area (Å²) in [6, 6.07) is 2.87. The monoisotopic (exact) mass is 272 g/mol. The van der Waals surface area contributed by atoms with Crippen molar-refractivity contribution in [1.82, 2.24) is 10.6 Å². The van der Waals surface area contributed by atoms with E-state index < -0.39 is 23.8 Å². The first kappa shape index (κ1) is 10.1. The van der Waals surface area contributed by atoms with Gasteiger partial charge in [0, 0.05) is 0 Å². The summed E-state index contributed by atoms with van der Waals surface area (Å²) in [5.41, 5.74) is 0.534. The lowest BCUT2D eigenvalue weighted by Gasteiger charge is -2.07. The zero-order valence-corrected chi connectivity index (χ0v) is 8.97. The van der Waals surface area contributed by atoms with E-state index in [9.17, 15) is 14.0 Å². The van der Waals surface area contributed by atoms with Gasteiger partial charge in [0.1, 0.15) is 11.9 Å². The van der Waals surface area contributed by atoms with E-state index in [1.165, 1.54) is 18.2 Å². The van der Waals surface area contributed by atoms with Gasteiger partial charge in [0.2, 0.25) is 0 Å². The number of hydrogen-bond acceptors (Lipinski definition) is 2. The Morgan fingerprint density at radius 2 is 2.07 bits per heavy atom. The van der Waals surface area contributed by atoms with Crippen molar-refractivity contribution in [2.75, 3.05) is 0 Å². The molecular formula is C9H6BrFN2O2. The lowest BCUT2D eigenvalue weighted by Crippen LogP contribution is -2.22. The van der Waals surface area contributed by atoms with Crippen LogP contribution in [0.15, 0.2) is 22.7 Å². The minimum absolute atomic E-state index is 0.258. The number of carbonyl (C=O) groups excluding carboxylic acids is 2. The topological polar surface area (TPSA) is 58.2 Å². The number of carbonyl (C=O) groups is 2. The van der Waals surface area contributed by atoms with Gasteiger partial charge in [-0.3, -0.25) is 10.1 Å². The molecule has 78 valence electrons. The summed E-state index contributed by atoms with van der Waals surface area (Å²) < 4.78 is 13.2. The number of amides is 3. The molecule has 1 heterocycles. The highest BCUT2D eigenvalue weighted by atomic mass is 79.9. The highest BCUT2D eigenvalue weighted by Gasteiger charge is 2.30. The van der Waals surface area contributed by atoms with Gasteiger partial charge in [-0.15, -0.1) is 0 Å². The Morgan fingerprint density at radius 1 is 1.33 bits per heavy atom. The predicted octanol–water partition coefficient (Wildman–Crippen LogP) is 1.47. The fourth-order valence-corrected chi connectivity index (χ4v) is 1.74. The standard InChI is InChI=1S/C9H6BrFN2O2/c10-5-3-4(1-2-6(5)11)7-8(14)13-9(15)12-7/h1-3,7H,(H2,12,13,14,15)/t7-/m1/s1. The maximum absolute atomic E-state index is 12.9. The third-order valence-corrected chi connectivity index (χ3v) is 2.66. The van der Waals surface area contributed by atoms with Crippen LogP contribution in [0, 0.1) is 5.82 Å². The molecule has 4 nitrogen and oxygen atoms in total. The van der Waals surface area contributed by atoms with Crippen LogP contribution in [-0.2, 0) is 4.79 Å². The summed E-state index contributed by atoms with van der Waals surface area (Å²) in [7, 11) is 0. The van der Waals surface area contributed by atoms with Gasteiger partial charge in [0.25, 0.3) is 5.91 Å². The van der Waals surface area contributed by atoms with Crippen molar-refractivity contribution in [3.63, 3.8) is 0 Å². The lowest BCUT2D eigenvalue weighted by molar-refractivity contribution is -0.120. The Kier molecular flexibility index (Phi) is 2.44. The van der Waals surface area contributed by atoms with E-state index >= 15 is 0 Å². The number of nitrogens with one attached hydrogen (secondary N) is 2. The third-order valence-electron chi connectivity index (χ3n) is 2.05. The van der Waals surface area contributed by atoms with E-state index in [0.29, 0.717) is 5.56 Å². The summed E-state index contributed by atoms with van der Waals surface area (Å²) in [5, 5.41) is 4.53. The van der Waals surface area contributed by atoms with E-state index in [1.54, 1.807) is 0 Å². The van der Waals surface area contributed by atoms with Crippen molar-refractivity contribution >= 4 is 27.9 Å². The zero-order valence-electron chi connectivity index (χ0n) is 7.38. The number of imide groups is 1. The first-order valence-corrected chi connectivity index (χ1v) is 4.93. The van der Waals surface area contributed by atoms with Crippen LogP contribution in [0.5, 0.6) is 0 Å². The molecule has 1 atom stereocenters. The lowest BCUT2D eigenvalue weighted by atomic mass is 10.1. The Hall–Kier alpha value is -1.43. The molecule has 15 heavy (non-hydrogen) atoms. The maximum atomic E-state index is 12.9. The normalized spacial score (nSPS) is 20.0. The van der Waals surface area contributed by atoms with E-state index in [2.05, 4.69) is 26.6 Å². The second-order valence-electron chi connectivity index (χ2n) is 3.07. The Morgan fingerprint density at radius 3 is 2.60 bits per heavy atom. The largest absolute Gasteiger partial charge is 0.322 e. The van der Waals surface area contributed by atoms with Crippen LogP contribution >= 0.6 is 15.9 Å². The average Bonchev–Trinajstić information content (AvgIpc) is 2.50. The van der Waals surface area contributed by atoms with E-state index in [4.69, 9.17) is 0 Å².